The Kier molecular flexibility index (Phi) is 6.39. The Morgan fingerprint density at radius 2 is 1.60 bits per heavy atom. The van der Waals surface area contributed by atoms with Crippen molar-refractivity contribution in [1.29, 1.82) is 0 Å². The Labute approximate surface area is 173 Å². The van der Waals surface area contributed by atoms with Crippen molar-refractivity contribution in [3.63, 3.8) is 0 Å². The highest BCUT2D eigenvalue weighted by Gasteiger charge is 2.14. The smallest absolute Gasteiger partial charge is 0.272 e. The van der Waals surface area contributed by atoms with Crippen molar-refractivity contribution < 1.29 is 14.5 Å². The molecule has 0 aliphatic heterocycles. The summed E-state index contributed by atoms with van der Waals surface area (Å²) < 4.78 is 0. The fraction of sp³-hybridized carbons (Fsp3) is 0.0909. The summed E-state index contributed by atoms with van der Waals surface area (Å²) in [4.78, 5) is 34.8. The van der Waals surface area contributed by atoms with E-state index in [4.69, 9.17) is 0 Å². The Hall–Kier alpha value is -4.20. The number of nitro groups is 1. The molecule has 0 heterocycles. The lowest BCUT2D eigenvalue weighted by atomic mass is 10.1. The number of hydrogen-bond donors (Lipinski definition) is 3. The first-order valence-electron chi connectivity index (χ1n) is 9.17. The van der Waals surface area contributed by atoms with Crippen LogP contribution in [0.4, 0.5) is 22.7 Å². The van der Waals surface area contributed by atoms with Crippen molar-refractivity contribution >= 4 is 34.6 Å². The van der Waals surface area contributed by atoms with Crippen LogP contribution < -0.4 is 16.0 Å². The number of amides is 2. The molecular weight excluding hydrogens is 384 g/mol. The summed E-state index contributed by atoms with van der Waals surface area (Å²) >= 11 is 0. The number of carbonyl (C=O) groups is 2. The number of benzene rings is 3. The SMILES string of the molecule is Cc1cc(C(=O)NCC(=O)Nc2cccc(Nc3ccccc3)c2)ccc1[N+](=O)[O-]. The predicted octanol–water partition coefficient (Wildman–Crippen LogP) is 4.02. The van der Waals surface area contributed by atoms with E-state index in [-0.39, 0.29) is 23.7 Å². The van der Waals surface area contributed by atoms with Gasteiger partial charge in [0.1, 0.15) is 0 Å². The molecule has 0 saturated heterocycles. The molecule has 152 valence electrons. The summed E-state index contributed by atoms with van der Waals surface area (Å²) in [7, 11) is 0. The molecule has 0 aromatic heterocycles. The van der Waals surface area contributed by atoms with Crippen molar-refractivity contribution in [1.82, 2.24) is 5.32 Å². The van der Waals surface area contributed by atoms with E-state index in [1.165, 1.54) is 18.2 Å². The molecule has 0 bridgehead atoms. The third-order valence-corrected chi connectivity index (χ3v) is 4.27. The minimum atomic E-state index is -0.509. The van der Waals surface area contributed by atoms with Crippen LogP contribution >= 0.6 is 0 Å². The van der Waals surface area contributed by atoms with Crippen LogP contribution in [0.3, 0.4) is 0 Å². The van der Waals surface area contributed by atoms with E-state index in [1.54, 1.807) is 25.1 Å². The topological polar surface area (TPSA) is 113 Å². The first kappa shape index (κ1) is 20.5. The number of para-hydroxylation sites is 1. The number of rotatable bonds is 7. The molecule has 2 amide bonds. The molecule has 0 spiro atoms. The zero-order valence-corrected chi connectivity index (χ0v) is 16.2. The fourth-order valence-corrected chi connectivity index (χ4v) is 2.83. The van der Waals surface area contributed by atoms with Crippen LogP contribution in [0.15, 0.2) is 72.8 Å². The molecule has 30 heavy (non-hydrogen) atoms. The monoisotopic (exact) mass is 404 g/mol. The third-order valence-electron chi connectivity index (χ3n) is 4.27. The molecule has 3 N–H and O–H groups in total. The third kappa shape index (κ3) is 5.41. The molecule has 0 unspecified atom stereocenters. The first-order valence-corrected chi connectivity index (χ1v) is 9.17. The lowest BCUT2D eigenvalue weighted by Crippen LogP contribution is -2.32. The molecule has 0 saturated carbocycles. The summed E-state index contributed by atoms with van der Waals surface area (Å²) in [5.41, 5.74) is 2.88. The molecule has 0 fully saturated rings. The summed E-state index contributed by atoms with van der Waals surface area (Å²) in [6, 6.07) is 20.9. The van der Waals surface area contributed by atoms with E-state index in [0.717, 1.165) is 11.4 Å². The number of aryl methyl sites for hydroxylation is 1. The lowest BCUT2D eigenvalue weighted by molar-refractivity contribution is -0.385. The molecule has 3 aromatic carbocycles. The van der Waals surface area contributed by atoms with Gasteiger partial charge in [0.25, 0.3) is 11.6 Å². The van der Waals surface area contributed by atoms with Gasteiger partial charge in [0, 0.05) is 34.3 Å². The maximum absolute atomic E-state index is 12.2. The summed E-state index contributed by atoms with van der Waals surface area (Å²) in [5.74, 6) is -0.874. The van der Waals surface area contributed by atoms with E-state index in [1.807, 2.05) is 36.4 Å². The van der Waals surface area contributed by atoms with E-state index < -0.39 is 10.8 Å². The van der Waals surface area contributed by atoms with Gasteiger partial charge in [-0.2, -0.15) is 0 Å². The zero-order valence-electron chi connectivity index (χ0n) is 16.2. The van der Waals surface area contributed by atoms with Crippen LogP contribution in [0.2, 0.25) is 0 Å². The van der Waals surface area contributed by atoms with Gasteiger partial charge in [-0.15, -0.1) is 0 Å². The molecule has 0 aliphatic carbocycles. The Balaban J connectivity index is 1.56. The largest absolute Gasteiger partial charge is 0.355 e. The number of carbonyl (C=O) groups excluding carboxylic acids is 2. The van der Waals surface area contributed by atoms with Crippen molar-refractivity contribution in [2.45, 2.75) is 6.92 Å². The van der Waals surface area contributed by atoms with Crippen molar-refractivity contribution in [2.24, 2.45) is 0 Å². The number of nitrogens with zero attached hydrogens (tertiary/aromatic N) is 1. The van der Waals surface area contributed by atoms with E-state index >= 15 is 0 Å². The standard InChI is InChI=1S/C22H20N4O4/c1-15-12-16(10-11-20(15)26(29)30)22(28)23-14-21(27)25-19-9-5-8-18(13-19)24-17-6-3-2-4-7-17/h2-13,24H,14H2,1H3,(H,23,28)(H,25,27). The van der Waals surface area contributed by atoms with E-state index in [0.29, 0.717) is 11.3 Å². The molecule has 3 aromatic rings. The van der Waals surface area contributed by atoms with Gasteiger partial charge in [-0.05, 0) is 49.4 Å². The minimum Gasteiger partial charge on any atom is -0.355 e. The Morgan fingerprint density at radius 1 is 0.900 bits per heavy atom. The van der Waals surface area contributed by atoms with Crippen LogP contribution in [0.5, 0.6) is 0 Å². The Bertz CT molecular complexity index is 1080. The quantitative estimate of drug-likeness (QED) is 0.407. The maximum atomic E-state index is 12.2. The highest BCUT2D eigenvalue weighted by atomic mass is 16.6. The molecule has 0 atom stereocenters. The van der Waals surface area contributed by atoms with Crippen molar-refractivity contribution in [3.8, 4) is 0 Å². The van der Waals surface area contributed by atoms with Crippen molar-refractivity contribution in [3.05, 3.63) is 94.0 Å². The molecule has 8 nitrogen and oxygen atoms in total. The van der Waals surface area contributed by atoms with E-state index in [9.17, 15) is 19.7 Å². The Morgan fingerprint density at radius 3 is 2.30 bits per heavy atom. The summed E-state index contributed by atoms with van der Waals surface area (Å²) in [6.45, 7) is 1.32. The summed E-state index contributed by atoms with van der Waals surface area (Å²) in [6.07, 6.45) is 0. The van der Waals surface area contributed by atoms with Crippen LogP contribution in [-0.2, 0) is 4.79 Å². The van der Waals surface area contributed by atoms with Gasteiger partial charge in [-0.25, -0.2) is 0 Å². The molecular formula is C22H20N4O4. The zero-order chi connectivity index (χ0) is 21.5. The van der Waals surface area contributed by atoms with Gasteiger partial charge in [-0.1, -0.05) is 24.3 Å². The fourth-order valence-electron chi connectivity index (χ4n) is 2.83. The average Bonchev–Trinajstić information content (AvgIpc) is 2.72. The molecule has 0 radical (unpaired) electrons. The lowest BCUT2D eigenvalue weighted by Gasteiger charge is -2.10. The van der Waals surface area contributed by atoms with Crippen LogP contribution in [0.25, 0.3) is 0 Å². The van der Waals surface area contributed by atoms with Crippen LogP contribution in [-0.4, -0.2) is 23.3 Å². The number of hydrogen-bond acceptors (Lipinski definition) is 5. The average molecular weight is 404 g/mol. The summed E-state index contributed by atoms with van der Waals surface area (Å²) in [5, 5.41) is 19.3. The van der Waals surface area contributed by atoms with Gasteiger partial charge in [0.2, 0.25) is 5.91 Å². The first-order chi connectivity index (χ1) is 14.4. The van der Waals surface area contributed by atoms with Gasteiger partial charge >= 0.3 is 0 Å². The highest BCUT2D eigenvalue weighted by molar-refractivity contribution is 5.99. The number of nitro benzene ring substituents is 1. The van der Waals surface area contributed by atoms with Gasteiger partial charge in [-0.3, -0.25) is 19.7 Å². The minimum absolute atomic E-state index is 0.0618. The maximum Gasteiger partial charge on any atom is 0.272 e. The predicted molar refractivity (Wildman–Crippen MR) is 115 cm³/mol. The normalized spacial score (nSPS) is 10.2. The second kappa shape index (κ2) is 9.33. The van der Waals surface area contributed by atoms with Gasteiger partial charge in [0.05, 0.1) is 11.5 Å². The van der Waals surface area contributed by atoms with E-state index in [2.05, 4.69) is 16.0 Å². The van der Waals surface area contributed by atoms with Gasteiger partial charge in [0.15, 0.2) is 0 Å². The highest BCUT2D eigenvalue weighted by Crippen LogP contribution is 2.20. The van der Waals surface area contributed by atoms with Crippen LogP contribution in [0.1, 0.15) is 15.9 Å². The molecule has 0 aliphatic rings. The molecule has 3 rings (SSSR count). The van der Waals surface area contributed by atoms with Gasteiger partial charge < -0.3 is 16.0 Å². The number of nitrogens with one attached hydrogen (secondary N) is 3. The van der Waals surface area contributed by atoms with Crippen molar-refractivity contribution in [2.75, 3.05) is 17.2 Å². The molecule has 8 heteroatoms. The second-order valence-electron chi connectivity index (χ2n) is 6.56. The second-order valence-corrected chi connectivity index (χ2v) is 6.56. The van der Waals surface area contributed by atoms with Crippen LogP contribution in [0, 0.1) is 17.0 Å². The number of anilines is 3.